The standard InChI is InChI=1S/C16H23NO3S2/c1-15(2)13-3-6-16(15,14(18)9-13)11-22(19,20)17-7-4-12-5-8-21-10-12/h5,8,10,13,17H,3-4,6-7,9,11H2,1-2H3/t13-,16-/m1/s1. The predicted octanol–water partition coefficient (Wildman–Crippen LogP) is 2.61. The lowest BCUT2D eigenvalue weighted by molar-refractivity contribution is -0.128. The minimum absolute atomic E-state index is 0.0496. The monoisotopic (exact) mass is 341 g/mol. The van der Waals surface area contributed by atoms with Crippen LogP contribution in [0.2, 0.25) is 0 Å². The summed E-state index contributed by atoms with van der Waals surface area (Å²) >= 11 is 1.61. The number of sulfonamides is 1. The molecule has 1 N–H and O–H groups in total. The first kappa shape index (κ1) is 16.1. The lowest BCUT2D eigenvalue weighted by Crippen LogP contribution is -2.45. The molecule has 2 aliphatic rings. The van der Waals surface area contributed by atoms with Crippen molar-refractivity contribution >= 4 is 27.1 Å². The second kappa shape index (κ2) is 5.42. The molecule has 6 heteroatoms. The van der Waals surface area contributed by atoms with Crippen LogP contribution in [0.4, 0.5) is 0 Å². The van der Waals surface area contributed by atoms with Gasteiger partial charge in [-0.25, -0.2) is 13.1 Å². The average molecular weight is 341 g/mol. The van der Waals surface area contributed by atoms with Crippen LogP contribution in [-0.4, -0.2) is 26.5 Å². The molecule has 3 rings (SSSR count). The number of hydrogen-bond acceptors (Lipinski definition) is 4. The van der Waals surface area contributed by atoms with Crippen molar-refractivity contribution in [3.63, 3.8) is 0 Å². The first-order chi connectivity index (χ1) is 10.3. The van der Waals surface area contributed by atoms with Crippen LogP contribution in [0.25, 0.3) is 0 Å². The highest BCUT2D eigenvalue weighted by atomic mass is 32.2. The van der Waals surface area contributed by atoms with Crippen molar-refractivity contribution in [2.24, 2.45) is 16.7 Å². The molecule has 122 valence electrons. The highest BCUT2D eigenvalue weighted by Crippen LogP contribution is 2.64. The van der Waals surface area contributed by atoms with Crippen LogP contribution in [0, 0.1) is 16.7 Å². The maximum Gasteiger partial charge on any atom is 0.212 e. The Labute approximate surface area is 136 Å². The predicted molar refractivity (Wildman–Crippen MR) is 88.4 cm³/mol. The number of fused-ring (bicyclic) bond motifs is 2. The molecule has 0 unspecified atom stereocenters. The van der Waals surface area contributed by atoms with Crippen LogP contribution in [-0.2, 0) is 21.2 Å². The van der Waals surface area contributed by atoms with Gasteiger partial charge in [0.25, 0.3) is 0 Å². The van der Waals surface area contributed by atoms with Crippen molar-refractivity contribution in [3.05, 3.63) is 22.4 Å². The molecule has 0 amide bonds. The number of ketones is 1. The Bertz CT molecular complexity index is 664. The Kier molecular flexibility index (Phi) is 3.98. The van der Waals surface area contributed by atoms with Crippen molar-refractivity contribution < 1.29 is 13.2 Å². The van der Waals surface area contributed by atoms with E-state index in [0.717, 1.165) is 18.4 Å². The van der Waals surface area contributed by atoms with E-state index in [1.807, 2.05) is 16.8 Å². The molecule has 2 aliphatic carbocycles. The number of carbonyl (C=O) groups excluding carboxylic acids is 1. The van der Waals surface area contributed by atoms with E-state index in [1.165, 1.54) is 0 Å². The van der Waals surface area contributed by atoms with Crippen molar-refractivity contribution in [1.82, 2.24) is 4.72 Å². The molecule has 1 heterocycles. The normalized spacial score (nSPS) is 30.1. The van der Waals surface area contributed by atoms with E-state index in [1.54, 1.807) is 11.3 Å². The summed E-state index contributed by atoms with van der Waals surface area (Å²) in [4.78, 5) is 12.4. The molecule has 2 atom stereocenters. The number of rotatable bonds is 6. The molecule has 1 aromatic rings. The number of thiophene rings is 1. The third-order valence-electron chi connectivity index (χ3n) is 5.89. The molecule has 22 heavy (non-hydrogen) atoms. The molecular weight excluding hydrogens is 318 g/mol. The van der Waals surface area contributed by atoms with E-state index in [0.29, 0.717) is 25.3 Å². The Balaban J connectivity index is 1.67. The Morgan fingerprint density at radius 1 is 1.41 bits per heavy atom. The first-order valence-electron chi connectivity index (χ1n) is 7.79. The molecular formula is C16H23NO3S2. The molecule has 1 aromatic heterocycles. The lowest BCUT2D eigenvalue weighted by Gasteiger charge is -2.36. The summed E-state index contributed by atoms with van der Waals surface area (Å²) in [5.41, 5.74) is 0.266. The van der Waals surface area contributed by atoms with Gasteiger partial charge in [0.05, 0.1) is 5.75 Å². The van der Waals surface area contributed by atoms with Crippen LogP contribution < -0.4 is 4.72 Å². The van der Waals surface area contributed by atoms with Gasteiger partial charge in [0.15, 0.2) is 0 Å². The topological polar surface area (TPSA) is 63.2 Å². The van der Waals surface area contributed by atoms with E-state index in [2.05, 4.69) is 18.6 Å². The molecule has 0 aromatic carbocycles. The second-order valence-corrected chi connectivity index (χ2v) is 9.79. The van der Waals surface area contributed by atoms with E-state index in [9.17, 15) is 13.2 Å². The maximum absolute atomic E-state index is 12.5. The van der Waals surface area contributed by atoms with E-state index in [-0.39, 0.29) is 17.0 Å². The zero-order valence-electron chi connectivity index (χ0n) is 13.1. The lowest BCUT2D eigenvalue weighted by atomic mass is 9.70. The minimum Gasteiger partial charge on any atom is -0.299 e. The van der Waals surface area contributed by atoms with E-state index in [4.69, 9.17) is 0 Å². The molecule has 4 nitrogen and oxygen atoms in total. The highest BCUT2D eigenvalue weighted by Gasteiger charge is 2.65. The maximum atomic E-state index is 12.5. The Morgan fingerprint density at radius 3 is 2.73 bits per heavy atom. The van der Waals surface area contributed by atoms with Gasteiger partial charge in [0, 0.05) is 18.4 Å². The van der Waals surface area contributed by atoms with Crippen LogP contribution in [0.15, 0.2) is 16.8 Å². The quantitative estimate of drug-likeness (QED) is 0.865. The summed E-state index contributed by atoms with van der Waals surface area (Å²) in [6.45, 7) is 4.53. The summed E-state index contributed by atoms with van der Waals surface area (Å²) in [5, 5.41) is 4.01. The van der Waals surface area contributed by atoms with Crippen molar-refractivity contribution in [3.8, 4) is 0 Å². The summed E-state index contributed by atoms with van der Waals surface area (Å²) in [6.07, 6.45) is 2.94. The highest BCUT2D eigenvalue weighted by molar-refractivity contribution is 7.89. The van der Waals surface area contributed by atoms with Gasteiger partial charge in [0.2, 0.25) is 10.0 Å². The van der Waals surface area contributed by atoms with Gasteiger partial charge in [-0.1, -0.05) is 13.8 Å². The van der Waals surface area contributed by atoms with Gasteiger partial charge in [-0.2, -0.15) is 11.3 Å². The summed E-state index contributed by atoms with van der Waals surface area (Å²) in [7, 11) is -3.43. The molecule has 0 aliphatic heterocycles. The van der Waals surface area contributed by atoms with Crippen LogP contribution in [0.5, 0.6) is 0 Å². The largest absolute Gasteiger partial charge is 0.299 e. The molecule has 0 saturated heterocycles. The summed E-state index contributed by atoms with van der Waals surface area (Å²) in [5.74, 6) is 0.448. The molecule has 0 spiro atoms. The SMILES string of the molecule is CC1(C)[C@@H]2CC[C@@]1(CS(=O)(=O)NCCc1ccsc1)C(=O)C2. The second-order valence-electron chi connectivity index (χ2n) is 7.20. The third kappa shape index (κ3) is 2.55. The fraction of sp³-hybridized carbons (Fsp3) is 0.688. The summed E-state index contributed by atoms with van der Waals surface area (Å²) < 4.78 is 27.6. The van der Waals surface area contributed by atoms with Crippen molar-refractivity contribution in [1.29, 1.82) is 0 Å². The first-order valence-corrected chi connectivity index (χ1v) is 10.4. The number of carbonyl (C=O) groups is 1. The van der Waals surface area contributed by atoms with E-state index >= 15 is 0 Å². The van der Waals surface area contributed by atoms with Gasteiger partial charge in [-0.3, -0.25) is 4.79 Å². The third-order valence-corrected chi connectivity index (χ3v) is 8.14. The van der Waals surface area contributed by atoms with Gasteiger partial charge >= 0.3 is 0 Å². The molecule has 2 saturated carbocycles. The average Bonchev–Trinajstić information content (AvgIpc) is 3.04. The smallest absolute Gasteiger partial charge is 0.212 e. The van der Waals surface area contributed by atoms with Gasteiger partial charge in [-0.15, -0.1) is 0 Å². The fourth-order valence-corrected chi connectivity index (χ4v) is 6.81. The van der Waals surface area contributed by atoms with Crippen molar-refractivity contribution in [2.75, 3.05) is 12.3 Å². The van der Waals surface area contributed by atoms with E-state index < -0.39 is 15.4 Å². The van der Waals surface area contributed by atoms with Gasteiger partial charge in [0.1, 0.15) is 5.78 Å². The minimum atomic E-state index is -3.43. The summed E-state index contributed by atoms with van der Waals surface area (Å²) in [6, 6.07) is 2.00. The number of nitrogens with one attached hydrogen (secondary N) is 1. The number of Topliss-reactive ketones (excluding diaryl/α,β-unsaturated/α-hetero) is 1. The zero-order valence-corrected chi connectivity index (χ0v) is 14.7. The number of hydrogen-bond donors (Lipinski definition) is 1. The molecule has 2 bridgehead atoms. The van der Waals surface area contributed by atoms with Crippen LogP contribution in [0.1, 0.15) is 38.7 Å². The fourth-order valence-electron chi connectivity index (χ4n) is 4.27. The molecule has 2 fully saturated rings. The Hall–Kier alpha value is -0.720. The van der Waals surface area contributed by atoms with Crippen LogP contribution >= 0.6 is 11.3 Å². The zero-order chi connectivity index (χ0) is 16.0. The van der Waals surface area contributed by atoms with Crippen molar-refractivity contribution in [2.45, 2.75) is 39.5 Å². The Morgan fingerprint density at radius 2 is 2.18 bits per heavy atom. The van der Waals surface area contributed by atoms with Gasteiger partial charge in [-0.05, 0) is 53.0 Å². The van der Waals surface area contributed by atoms with Crippen LogP contribution in [0.3, 0.4) is 0 Å². The van der Waals surface area contributed by atoms with Gasteiger partial charge < -0.3 is 0 Å². The molecule has 0 radical (unpaired) electrons.